The molecular weight excluding hydrogens is 520 g/mol. The zero-order valence-corrected chi connectivity index (χ0v) is 23.0. The van der Waals surface area contributed by atoms with E-state index in [9.17, 15) is 9.59 Å². The summed E-state index contributed by atoms with van der Waals surface area (Å²) < 4.78 is 11.8. The van der Waals surface area contributed by atoms with Gasteiger partial charge in [-0.3, -0.25) is 0 Å². The predicted octanol–water partition coefficient (Wildman–Crippen LogP) is 9.31. The summed E-state index contributed by atoms with van der Waals surface area (Å²) in [7, 11) is 0. The molecule has 0 spiro atoms. The Morgan fingerprint density at radius 1 is 0.429 bits per heavy atom. The fourth-order valence-corrected chi connectivity index (χ4v) is 6.67. The van der Waals surface area contributed by atoms with E-state index in [1.54, 1.807) is 0 Å². The predicted molar refractivity (Wildman–Crippen MR) is 171 cm³/mol. The summed E-state index contributed by atoms with van der Waals surface area (Å²) in [6, 6.07) is 35.7. The first-order chi connectivity index (χ1) is 20.5. The van der Waals surface area contributed by atoms with Crippen molar-refractivity contribution in [2.45, 2.75) is 13.8 Å². The van der Waals surface area contributed by atoms with Crippen molar-refractivity contribution in [2.24, 2.45) is 0 Å². The molecule has 0 bridgehead atoms. The van der Waals surface area contributed by atoms with Crippen LogP contribution in [0, 0.1) is 13.8 Å². The van der Waals surface area contributed by atoms with Gasteiger partial charge in [-0.15, -0.1) is 0 Å². The van der Waals surface area contributed by atoms with Gasteiger partial charge >= 0.3 is 11.3 Å². The molecule has 0 saturated heterocycles. The van der Waals surface area contributed by atoms with Crippen LogP contribution in [0.3, 0.4) is 0 Å². The van der Waals surface area contributed by atoms with Crippen LogP contribution in [0.4, 0.5) is 0 Å². The Labute approximate surface area is 240 Å². The van der Waals surface area contributed by atoms with Crippen molar-refractivity contribution in [3.8, 4) is 22.3 Å². The van der Waals surface area contributed by atoms with Crippen LogP contribution in [0.1, 0.15) is 11.1 Å². The molecule has 0 radical (unpaired) electrons. The van der Waals surface area contributed by atoms with Gasteiger partial charge in [0.1, 0.15) is 11.2 Å². The third-order valence-electron chi connectivity index (χ3n) is 8.56. The third-order valence-corrected chi connectivity index (χ3v) is 8.56. The Morgan fingerprint density at radius 2 is 0.833 bits per heavy atom. The molecule has 0 atom stereocenters. The van der Waals surface area contributed by atoms with Gasteiger partial charge in [-0.05, 0) is 80.6 Å². The summed E-state index contributed by atoms with van der Waals surface area (Å²) in [5.74, 6) is 0. The van der Waals surface area contributed by atoms with Crippen LogP contribution in [0.25, 0.3) is 76.5 Å². The molecule has 2 heterocycles. The van der Waals surface area contributed by atoms with Gasteiger partial charge in [-0.2, -0.15) is 0 Å². The fraction of sp³-hybridized carbons (Fsp3) is 0.0526. The molecule has 0 unspecified atom stereocenters. The molecule has 0 aliphatic carbocycles. The van der Waals surface area contributed by atoms with E-state index in [0.717, 1.165) is 65.3 Å². The maximum Gasteiger partial charge on any atom is 0.344 e. The summed E-state index contributed by atoms with van der Waals surface area (Å²) in [4.78, 5) is 27.1. The van der Waals surface area contributed by atoms with Crippen LogP contribution in [0.5, 0.6) is 0 Å². The van der Waals surface area contributed by atoms with E-state index in [1.807, 2.05) is 98.8 Å². The lowest BCUT2D eigenvalue weighted by Crippen LogP contribution is -2.08. The van der Waals surface area contributed by atoms with E-state index in [4.69, 9.17) is 8.83 Å². The summed E-state index contributed by atoms with van der Waals surface area (Å²) in [6.45, 7) is 3.97. The Hall–Kier alpha value is -5.48. The number of fused-ring (bicyclic) bond motifs is 7. The Morgan fingerprint density at radius 3 is 1.29 bits per heavy atom. The van der Waals surface area contributed by atoms with Gasteiger partial charge in [0, 0.05) is 10.8 Å². The first-order valence-electron chi connectivity index (χ1n) is 13.9. The first kappa shape index (κ1) is 24.3. The number of aryl methyl sites for hydroxylation is 2. The van der Waals surface area contributed by atoms with Gasteiger partial charge in [0.05, 0.1) is 11.1 Å². The summed E-state index contributed by atoms with van der Waals surface area (Å²) in [5, 5.41) is 7.81. The van der Waals surface area contributed by atoms with Crippen molar-refractivity contribution >= 4 is 54.3 Å². The van der Waals surface area contributed by atoms with Crippen molar-refractivity contribution < 1.29 is 8.83 Å². The minimum absolute atomic E-state index is 0.388. The smallest absolute Gasteiger partial charge is 0.344 e. The maximum absolute atomic E-state index is 13.5. The highest BCUT2D eigenvalue weighted by Crippen LogP contribution is 2.39. The quantitative estimate of drug-likeness (QED) is 0.161. The molecule has 0 saturated carbocycles. The average Bonchev–Trinajstić information content (AvgIpc) is 3.00. The lowest BCUT2D eigenvalue weighted by molar-refractivity contribution is 0.562. The molecule has 8 aromatic rings. The van der Waals surface area contributed by atoms with Gasteiger partial charge in [-0.1, -0.05) is 97.1 Å². The second-order valence-corrected chi connectivity index (χ2v) is 10.8. The molecule has 6 aromatic carbocycles. The van der Waals surface area contributed by atoms with Gasteiger partial charge in [0.15, 0.2) is 0 Å². The highest BCUT2D eigenvalue weighted by atomic mass is 16.4. The normalized spacial score (nSPS) is 11.8. The Kier molecular flexibility index (Phi) is 5.22. The molecule has 2 aromatic heterocycles. The number of hydrogen-bond acceptors (Lipinski definition) is 4. The Bertz CT molecular complexity index is 2350. The first-order valence-corrected chi connectivity index (χ1v) is 13.9. The average molecular weight is 545 g/mol. The van der Waals surface area contributed by atoms with Gasteiger partial charge < -0.3 is 8.83 Å². The van der Waals surface area contributed by atoms with Crippen molar-refractivity contribution in [2.75, 3.05) is 0 Å². The topological polar surface area (TPSA) is 60.4 Å². The van der Waals surface area contributed by atoms with Gasteiger partial charge in [0.25, 0.3) is 0 Å². The van der Waals surface area contributed by atoms with Crippen LogP contribution in [0.2, 0.25) is 0 Å². The molecule has 0 N–H and O–H groups in total. The molecule has 4 heteroatoms. The Balaban J connectivity index is 1.44. The van der Waals surface area contributed by atoms with E-state index in [2.05, 4.69) is 24.3 Å². The van der Waals surface area contributed by atoms with Gasteiger partial charge in [-0.25, -0.2) is 9.59 Å². The molecule has 0 amide bonds. The molecule has 0 aliphatic rings. The monoisotopic (exact) mass is 544 g/mol. The van der Waals surface area contributed by atoms with Gasteiger partial charge in [0.2, 0.25) is 0 Å². The van der Waals surface area contributed by atoms with E-state index in [0.29, 0.717) is 22.3 Å². The summed E-state index contributed by atoms with van der Waals surface area (Å²) >= 11 is 0. The molecule has 42 heavy (non-hydrogen) atoms. The van der Waals surface area contributed by atoms with Crippen molar-refractivity contribution in [3.63, 3.8) is 0 Å². The largest absolute Gasteiger partial charge is 0.422 e. The molecule has 0 aliphatic heterocycles. The number of hydrogen-bond donors (Lipinski definition) is 0. The summed E-state index contributed by atoms with van der Waals surface area (Å²) in [5.41, 5.74) is 4.67. The fourth-order valence-electron chi connectivity index (χ4n) is 6.67. The standard InChI is InChI=1S/C38H24O4/c1-21-33-25-11-5-3-9-23(25)17-19-31(33)41-37(39)35(21)29-15-7-14-28-27(29)13-8-16-30(28)36-22(2)34-26-12-6-4-10-24(26)18-20-32(34)42-38(36)40/h3-20H,1-2H3. The highest BCUT2D eigenvalue weighted by molar-refractivity contribution is 6.13. The van der Waals surface area contributed by atoms with Crippen molar-refractivity contribution in [1.29, 1.82) is 0 Å². The van der Waals surface area contributed by atoms with Crippen molar-refractivity contribution in [3.05, 3.63) is 141 Å². The highest BCUT2D eigenvalue weighted by Gasteiger charge is 2.21. The molecule has 8 rings (SSSR count). The van der Waals surface area contributed by atoms with E-state index in [1.165, 1.54) is 0 Å². The van der Waals surface area contributed by atoms with Crippen LogP contribution >= 0.6 is 0 Å². The maximum atomic E-state index is 13.5. The molecule has 200 valence electrons. The lowest BCUT2D eigenvalue weighted by atomic mass is 9.89. The second-order valence-electron chi connectivity index (χ2n) is 10.8. The number of benzene rings is 6. The second kappa shape index (κ2) is 9.02. The minimum atomic E-state index is -0.388. The SMILES string of the molecule is Cc1c(-c2cccc3c(-c4c(C)c5c(ccc6ccccc65)oc4=O)cccc23)c(=O)oc2ccc3ccccc3c12. The van der Waals surface area contributed by atoms with E-state index in [-0.39, 0.29) is 11.3 Å². The number of rotatable bonds is 2. The molecule has 0 fully saturated rings. The molecule has 4 nitrogen and oxygen atoms in total. The zero-order valence-electron chi connectivity index (χ0n) is 23.0. The van der Waals surface area contributed by atoms with E-state index < -0.39 is 0 Å². The minimum Gasteiger partial charge on any atom is -0.422 e. The summed E-state index contributed by atoms with van der Waals surface area (Å²) in [6.07, 6.45) is 0. The third kappa shape index (κ3) is 3.42. The van der Waals surface area contributed by atoms with Crippen LogP contribution in [-0.4, -0.2) is 0 Å². The van der Waals surface area contributed by atoms with Crippen LogP contribution in [0.15, 0.2) is 128 Å². The van der Waals surface area contributed by atoms with Crippen LogP contribution < -0.4 is 11.3 Å². The zero-order chi connectivity index (χ0) is 28.5. The van der Waals surface area contributed by atoms with Crippen molar-refractivity contribution in [1.82, 2.24) is 0 Å². The van der Waals surface area contributed by atoms with E-state index >= 15 is 0 Å². The van der Waals surface area contributed by atoms with Crippen LogP contribution in [-0.2, 0) is 0 Å². The molecular formula is C38H24O4. The lowest BCUT2D eigenvalue weighted by Gasteiger charge is -2.15.